The van der Waals surface area contributed by atoms with E-state index in [1.807, 2.05) is 43.3 Å². The third kappa shape index (κ3) is 3.63. The van der Waals surface area contributed by atoms with Crippen LogP contribution in [0.5, 0.6) is 0 Å². The van der Waals surface area contributed by atoms with Gasteiger partial charge in [-0.1, -0.05) is 41.4 Å². The zero-order chi connectivity index (χ0) is 13.8. The van der Waals surface area contributed by atoms with Gasteiger partial charge in [-0.25, -0.2) is 0 Å². The molecule has 0 saturated heterocycles. The first-order chi connectivity index (χ1) is 9.10. The largest absolute Gasteiger partial charge is 0.392 e. The number of anilines is 1. The molecule has 2 aromatic rings. The maximum absolute atomic E-state index is 9.12. The molecule has 2 aromatic carbocycles. The van der Waals surface area contributed by atoms with E-state index < -0.39 is 0 Å². The Labute approximate surface area is 123 Å². The monoisotopic (exact) mass is 295 g/mol. The van der Waals surface area contributed by atoms with E-state index in [9.17, 15) is 0 Å². The molecule has 0 radical (unpaired) electrons. The average molecular weight is 296 g/mol. The minimum absolute atomic E-state index is 0.0384. The van der Waals surface area contributed by atoms with Crippen molar-refractivity contribution in [2.45, 2.75) is 19.6 Å². The van der Waals surface area contributed by atoms with Crippen molar-refractivity contribution >= 4 is 28.9 Å². The minimum atomic E-state index is 0.0384. The minimum Gasteiger partial charge on any atom is -0.392 e. The van der Waals surface area contributed by atoms with Crippen LogP contribution in [0.1, 0.15) is 24.1 Å². The van der Waals surface area contributed by atoms with Gasteiger partial charge in [0.05, 0.1) is 16.7 Å². The van der Waals surface area contributed by atoms with Gasteiger partial charge in [-0.3, -0.25) is 0 Å². The molecule has 0 bridgehead atoms. The summed E-state index contributed by atoms with van der Waals surface area (Å²) in [7, 11) is 0. The molecule has 0 spiro atoms. The van der Waals surface area contributed by atoms with E-state index in [1.165, 1.54) is 0 Å². The highest BCUT2D eigenvalue weighted by Crippen LogP contribution is 2.27. The van der Waals surface area contributed by atoms with E-state index in [0.29, 0.717) is 10.0 Å². The third-order valence-corrected chi connectivity index (χ3v) is 3.68. The molecule has 2 nitrogen and oxygen atoms in total. The summed E-state index contributed by atoms with van der Waals surface area (Å²) in [5.74, 6) is 0. The van der Waals surface area contributed by atoms with Crippen LogP contribution in [-0.4, -0.2) is 5.11 Å². The maximum atomic E-state index is 9.12. The van der Waals surface area contributed by atoms with Crippen LogP contribution in [0.4, 0.5) is 5.69 Å². The summed E-state index contributed by atoms with van der Waals surface area (Å²) >= 11 is 11.9. The molecule has 100 valence electrons. The second kappa shape index (κ2) is 6.29. The molecule has 0 heterocycles. The van der Waals surface area contributed by atoms with Gasteiger partial charge in [0, 0.05) is 11.7 Å². The molecule has 0 aliphatic rings. The van der Waals surface area contributed by atoms with Crippen molar-refractivity contribution in [3.63, 3.8) is 0 Å². The van der Waals surface area contributed by atoms with E-state index >= 15 is 0 Å². The fraction of sp³-hybridized carbons (Fsp3) is 0.200. The van der Waals surface area contributed by atoms with Crippen molar-refractivity contribution in [2.75, 3.05) is 5.32 Å². The van der Waals surface area contributed by atoms with Crippen LogP contribution in [0, 0.1) is 0 Å². The normalized spacial score (nSPS) is 12.2. The van der Waals surface area contributed by atoms with Gasteiger partial charge in [-0.15, -0.1) is 0 Å². The fourth-order valence-corrected chi connectivity index (χ4v) is 2.18. The lowest BCUT2D eigenvalue weighted by Crippen LogP contribution is -2.06. The van der Waals surface area contributed by atoms with Gasteiger partial charge >= 0.3 is 0 Å². The highest BCUT2D eigenvalue weighted by molar-refractivity contribution is 6.42. The van der Waals surface area contributed by atoms with Gasteiger partial charge < -0.3 is 10.4 Å². The Kier molecular flexibility index (Phi) is 4.70. The molecule has 1 atom stereocenters. The quantitative estimate of drug-likeness (QED) is 0.860. The van der Waals surface area contributed by atoms with Crippen LogP contribution >= 0.6 is 23.2 Å². The molecule has 0 saturated carbocycles. The summed E-state index contributed by atoms with van der Waals surface area (Å²) in [6, 6.07) is 13.4. The molecule has 0 fully saturated rings. The lowest BCUT2D eigenvalue weighted by molar-refractivity contribution is 0.282. The highest BCUT2D eigenvalue weighted by atomic mass is 35.5. The van der Waals surface area contributed by atoms with E-state index in [1.54, 1.807) is 6.07 Å². The van der Waals surface area contributed by atoms with Crippen LogP contribution in [-0.2, 0) is 6.61 Å². The highest BCUT2D eigenvalue weighted by Gasteiger charge is 2.07. The van der Waals surface area contributed by atoms with E-state index in [0.717, 1.165) is 16.8 Å². The molecule has 4 heteroatoms. The van der Waals surface area contributed by atoms with E-state index in [-0.39, 0.29) is 12.6 Å². The van der Waals surface area contributed by atoms with Crippen LogP contribution in [0.2, 0.25) is 10.0 Å². The lowest BCUT2D eigenvalue weighted by Gasteiger charge is -2.16. The number of benzene rings is 2. The predicted molar refractivity (Wildman–Crippen MR) is 80.9 cm³/mol. The molecule has 1 unspecified atom stereocenters. The number of halogens is 2. The Morgan fingerprint density at radius 3 is 2.58 bits per heavy atom. The molecule has 2 N–H and O–H groups in total. The fourth-order valence-electron chi connectivity index (χ4n) is 1.87. The number of hydrogen-bond acceptors (Lipinski definition) is 2. The Balaban J connectivity index is 2.15. The van der Waals surface area contributed by atoms with Crippen LogP contribution in [0.3, 0.4) is 0 Å². The Morgan fingerprint density at radius 2 is 1.89 bits per heavy atom. The topological polar surface area (TPSA) is 32.3 Å². The van der Waals surface area contributed by atoms with Crippen molar-refractivity contribution in [3.05, 3.63) is 63.6 Å². The summed E-state index contributed by atoms with van der Waals surface area (Å²) in [5, 5.41) is 13.6. The molecule has 19 heavy (non-hydrogen) atoms. The number of hydrogen-bond donors (Lipinski definition) is 2. The first kappa shape index (κ1) is 14.2. The van der Waals surface area contributed by atoms with Gasteiger partial charge in [0.15, 0.2) is 0 Å². The van der Waals surface area contributed by atoms with Crippen molar-refractivity contribution < 1.29 is 5.11 Å². The van der Waals surface area contributed by atoms with Gasteiger partial charge in [0.1, 0.15) is 0 Å². The molecule has 0 aliphatic carbocycles. The van der Waals surface area contributed by atoms with Gasteiger partial charge in [-0.05, 0) is 42.3 Å². The third-order valence-electron chi connectivity index (χ3n) is 2.94. The molecule has 0 aliphatic heterocycles. The summed E-state index contributed by atoms with van der Waals surface area (Å²) in [6.45, 7) is 2.09. The molecular formula is C15H15Cl2NO. The molecule has 0 amide bonds. The van der Waals surface area contributed by atoms with Crippen LogP contribution in [0.25, 0.3) is 0 Å². The van der Waals surface area contributed by atoms with E-state index in [2.05, 4.69) is 5.32 Å². The SMILES string of the molecule is CC(Nc1cccc(CO)c1)c1ccc(Cl)c(Cl)c1. The second-order valence-electron chi connectivity index (χ2n) is 4.40. The Morgan fingerprint density at radius 1 is 1.11 bits per heavy atom. The van der Waals surface area contributed by atoms with Crippen molar-refractivity contribution in [1.82, 2.24) is 0 Å². The first-order valence-corrected chi connectivity index (χ1v) is 6.77. The van der Waals surface area contributed by atoms with E-state index in [4.69, 9.17) is 28.3 Å². The number of aliphatic hydroxyl groups is 1. The summed E-state index contributed by atoms with van der Waals surface area (Å²) in [4.78, 5) is 0. The van der Waals surface area contributed by atoms with Crippen molar-refractivity contribution in [2.24, 2.45) is 0 Å². The molecule has 0 aromatic heterocycles. The van der Waals surface area contributed by atoms with Crippen LogP contribution < -0.4 is 5.32 Å². The summed E-state index contributed by atoms with van der Waals surface area (Å²) in [5.41, 5.74) is 2.90. The Hall–Kier alpha value is -1.22. The predicted octanol–water partition coefficient (Wildman–Crippen LogP) is 4.66. The zero-order valence-corrected chi connectivity index (χ0v) is 12.0. The smallest absolute Gasteiger partial charge is 0.0682 e. The Bertz CT molecular complexity index is 572. The van der Waals surface area contributed by atoms with Gasteiger partial charge in [-0.2, -0.15) is 0 Å². The zero-order valence-electron chi connectivity index (χ0n) is 10.5. The molecular weight excluding hydrogens is 281 g/mol. The average Bonchev–Trinajstić information content (AvgIpc) is 2.42. The van der Waals surface area contributed by atoms with Crippen molar-refractivity contribution in [1.29, 1.82) is 0 Å². The number of aliphatic hydroxyl groups excluding tert-OH is 1. The van der Waals surface area contributed by atoms with Gasteiger partial charge in [0.25, 0.3) is 0 Å². The first-order valence-electron chi connectivity index (χ1n) is 6.01. The molecule has 2 rings (SSSR count). The number of nitrogens with one attached hydrogen (secondary N) is 1. The second-order valence-corrected chi connectivity index (χ2v) is 5.21. The maximum Gasteiger partial charge on any atom is 0.0682 e. The summed E-state index contributed by atoms with van der Waals surface area (Å²) < 4.78 is 0. The van der Waals surface area contributed by atoms with Crippen LogP contribution in [0.15, 0.2) is 42.5 Å². The van der Waals surface area contributed by atoms with Crippen molar-refractivity contribution in [3.8, 4) is 0 Å². The standard InChI is InChI=1S/C15H15Cl2NO/c1-10(12-5-6-14(16)15(17)8-12)18-13-4-2-3-11(7-13)9-19/h2-8,10,18-19H,9H2,1H3. The van der Waals surface area contributed by atoms with Gasteiger partial charge in [0.2, 0.25) is 0 Å². The number of rotatable bonds is 4. The lowest BCUT2D eigenvalue weighted by atomic mass is 10.1. The summed E-state index contributed by atoms with van der Waals surface area (Å²) in [6.07, 6.45) is 0.